The van der Waals surface area contributed by atoms with Crippen LogP contribution in [0.2, 0.25) is 0 Å². The zero-order valence-electron chi connectivity index (χ0n) is 12.0. The third-order valence-electron chi connectivity index (χ3n) is 3.80. The van der Waals surface area contributed by atoms with Crippen molar-refractivity contribution < 1.29 is 0 Å². The Hall–Kier alpha value is -2.18. The molecule has 3 aromatic heterocycles. The molecule has 0 radical (unpaired) electrons. The van der Waals surface area contributed by atoms with Crippen LogP contribution in [-0.4, -0.2) is 31.4 Å². The predicted octanol–water partition coefficient (Wildman–Crippen LogP) is 2.55. The van der Waals surface area contributed by atoms with E-state index in [4.69, 9.17) is 4.98 Å². The summed E-state index contributed by atoms with van der Waals surface area (Å²) in [6, 6.07) is 3.91. The van der Waals surface area contributed by atoms with Gasteiger partial charge in [0, 0.05) is 66.8 Å². The molecular weight excluding hydrogens is 294 g/mol. The fourth-order valence-corrected chi connectivity index (χ4v) is 3.32. The van der Waals surface area contributed by atoms with E-state index < -0.39 is 0 Å². The maximum atomic E-state index is 4.73. The van der Waals surface area contributed by atoms with Crippen LogP contribution in [0, 0.1) is 0 Å². The Kier molecular flexibility index (Phi) is 3.62. The Morgan fingerprint density at radius 3 is 3.00 bits per heavy atom. The van der Waals surface area contributed by atoms with Crippen molar-refractivity contribution in [3.8, 4) is 11.4 Å². The topological polar surface area (TPSA) is 54.8 Å². The standard InChI is InChI=1S/C16H15N5S/c1-2-12(6-17-4-1)16-19-7-13-9-21(5-3-15(13)20-16)10-14-8-18-11-22-14/h1-2,4,6-8,11H,3,5,9-10H2. The van der Waals surface area contributed by atoms with Crippen LogP contribution < -0.4 is 0 Å². The summed E-state index contributed by atoms with van der Waals surface area (Å²) in [5.74, 6) is 0.766. The number of hydrogen-bond acceptors (Lipinski definition) is 6. The summed E-state index contributed by atoms with van der Waals surface area (Å²) >= 11 is 1.71. The Morgan fingerprint density at radius 1 is 1.18 bits per heavy atom. The van der Waals surface area contributed by atoms with Crippen molar-refractivity contribution in [1.29, 1.82) is 0 Å². The van der Waals surface area contributed by atoms with E-state index in [1.54, 1.807) is 23.7 Å². The molecule has 4 heterocycles. The minimum atomic E-state index is 0.766. The summed E-state index contributed by atoms with van der Waals surface area (Å²) in [4.78, 5) is 21.2. The summed E-state index contributed by atoms with van der Waals surface area (Å²) in [5, 5.41) is 0. The zero-order valence-corrected chi connectivity index (χ0v) is 12.8. The number of pyridine rings is 1. The van der Waals surface area contributed by atoms with Gasteiger partial charge in [0.1, 0.15) is 0 Å². The van der Waals surface area contributed by atoms with Gasteiger partial charge in [-0.3, -0.25) is 14.9 Å². The molecule has 0 atom stereocenters. The van der Waals surface area contributed by atoms with Crippen molar-refractivity contribution in [1.82, 2.24) is 24.8 Å². The molecule has 0 aliphatic carbocycles. The van der Waals surface area contributed by atoms with E-state index in [1.807, 2.05) is 30.0 Å². The summed E-state index contributed by atoms with van der Waals surface area (Å²) < 4.78 is 0. The normalized spacial score (nSPS) is 14.7. The van der Waals surface area contributed by atoms with Gasteiger partial charge in [0.05, 0.1) is 11.2 Å². The predicted molar refractivity (Wildman–Crippen MR) is 85.2 cm³/mol. The molecule has 22 heavy (non-hydrogen) atoms. The molecule has 0 N–H and O–H groups in total. The van der Waals surface area contributed by atoms with E-state index in [0.717, 1.165) is 43.1 Å². The first-order valence-corrected chi connectivity index (χ1v) is 8.11. The average molecular weight is 309 g/mol. The van der Waals surface area contributed by atoms with Gasteiger partial charge in [-0.1, -0.05) is 0 Å². The smallest absolute Gasteiger partial charge is 0.160 e. The first kappa shape index (κ1) is 13.5. The van der Waals surface area contributed by atoms with E-state index in [1.165, 1.54) is 10.4 Å². The van der Waals surface area contributed by atoms with Gasteiger partial charge in [0.2, 0.25) is 0 Å². The molecule has 0 unspecified atom stereocenters. The zero-order chi connectivity index (χ0) is 14.8. The van der Waals surface area contributed by atoms with Gasteiger partial charge in [-0.15, -0.1) is 11.3 Å². The van der Waals surface area contributed by atoms with Crippen LogP contribution in [0.1, 0.15) is 16.1 Å². The van der Waals surface area contributed by atoms with Gasteiger partial charge in [0.15, 0.2) is 5.82 Å². The van der Waals surface area contributed by atoms with Crippen molar-refractivity contribution in [2.24, 2.45) is 0 Å². The summed E-state index contributed by atoms with van der Waals surface area (Å²) in [6.07, 6.45) is 8.44. The van der Waals surface area contributed by atoms with Crippen LogP contribution in [0.3, 0.4) is 0 Å². The highest BCUT2D eigenvalue weighted by atomic mass is 32.1. The van der Waals surface area contributed by atoms with Gasteiger partial charge in [0.25, 0.3) is 0 Å². The molecule has 0 fully saturated rings. The quantitative estimate of drug-likeness (QED) is 0.744. The van der Waals surface area contributed by atoms with Crippen LogP contribution in [0.4, 0.5) is 0 Å². The number of fused-ring (bicyclic) bond motifs is 1. The Bertz CT molecular complexity index is 757. The fraction of sp³-hybridized carbons (Fsp3) is 0.250. The van der Waals surface area contributed by atoms with Crippen LogP contribution in [-0.2, 0) is 19.5 Å². The third-order valence-corrected chi connectivity index (χ3v) is 4.56. The van der Waals surface area contributed by atoms with Crippen LogP contribution in [0.5, 0.6) is 0 Å². The molecule has 0 saturated carbocycles. The largest absolute Gasteiger partial charge is 0.293 e. The van der Waals surface area contributed by atoms with Gasteiger partial charge < -0.3 is 0 Å². The highest BCUT2D eigenvalue weighted by molar-refractivity contribution is 7.09. The molecular formula is C16H15N5S. The molecule has 1 aliphatic rings. The lowest BCUT2D eigenvalue weighted by atomic mass is 10.1. The first-order valence-electron chi connectivity index (χ1n) is 7.23. The number of rotatable bonds is 3. The maximum Gasteiger partial charge on any atom is 0.160 e. The molecule has 110 valence electrons. The fourth-order valence-electron chi connectivity index (χ4n) is 2.68. The summed E-state index contributed by atoms with van der Waals surface area (Å²) in [5.41, 5.74) is 5.24. The molecule has 0 spiro atoms. The van der Waals surface area contributed by atoms with Crippen LogP contribution in [0.25, 0.3) is 11.4 Å². The van der Waals surface area contributed by atoms with Crippen molar-refractivity contribution in [2.75, 3.05) is 6.54 Å². The van der Waals surface area contributed by atoms with E-state index in [0.29, 0.717) is 0 Å². The lowest BCUT2D eigenvalue weighted by molar-refractivity contribution is 0.245. The van der Waals surface area contributed by atoms with Crippen molar-refractivity contribution in [3.05, 3.63) is 58.6 Å². The second-order valence-corrected chi connectivity index (χ2v) is 6.31. The maximum absolute atomic E-state index is 4.73. The second kappa shape index (κ2) is 5.90. The number of hydrogen-bond donors (Lipinski definition) is 0. The Labute approximate surface area is 132 Å². The summed E-state index contributed by atoms with van der Waals surface area (Å²) in [7, 11) is 0. The molecule has 0 saturated heterocycles. The van der Waals surface area contributed by atoms with Crippen LogP contribution >= 0.6 is 11.3 Å². The minimum Gasteiger partial charge on any atom is -0.293 e. The number of nitrogens with zero attached hydrogens (tertiary/aromatic N) is 5. The lowest BCUT2D eigenvalue weighted by Gasteiger charge is -2.27. The van der Waals surface area contributed by atoms with Gasteiger partial charge in [-0.25, -0.2) is 9.97 Å². The van der Waals surface area contributed by atoms with Crippen LogP contribution in [0.15, 0.2) is 42.4 Å². The lowest BCUT2D eigenvalue weighted by Crippen LogP contribution is -2.30. The van der Waals surface area contributed by atoms with E-state index in [2.05, 4.69) is 19.9 Å². The number of thiazole rings is 1. The molecule has 0 bridgehead atoms. The van der Waals surface area contributed by atoms with Crippen molar-refractivity contribution in [2.45, 2.75) is 19.5 Å². The molecule has 0 aromatic carbocycles. The summed E-state index contributed by atoms with van der Waals surface area (Å²) in [6.45, 7) is 2.88. The van der Waals surface area contributed by atoms with Gasteiger partial charge in [-0.05, 0) is 12.1 Å². The van der Waals surface area contributed by atoms with Crippen molar-refractivity contribution in [3.63, 3.8) is 0 Å². The molecule has 0 amide bonds. The average Bonchev–Trinajstić information content (AvgIpc) is 3.08. The second-order valence-electron chi connectivity index (χ2n) is 5.34. The monoisotopic (exact) mass is 309 g/mol. The Morgan fingerprint density at radius 2 is 2.18 bits per heavy atom. The molecule has 4 rings (SSSR count). The van der Waals surface area contributed by atoms with E-state index >= 15 is 0 Å². The molecule has 6 heteroatoms. The highest BCUT2D eigenvalue weighted by Crippen LogP contribution is 2.22. The number of aromatic nitrogens is 4. The van der Waals surface area contributed by atoms with Gasteiger partial charge in [-0.2, -0.15) is 0 Å². The van der Waals surface area contributed by atoms with Crippen molar-refractivity contribution >= 4 is 11.3 Å². The third kappa shape index (κ3) is 2.75. The minimum absolute atomic E-state index is 0.766. The molecule has 3 aromatic rings. The highest BCUT2D eigenvalue weighted by Gasteiger charge is 2.19. The first-order chi connectivity index (χ1) is 10.9. The van der Waals surface area contributed by atoms with E-state index in [9.17, 15) is 0 Å². The van der Waals surface area contributed by atoms with E-state index in [-0.39, 0.29) is 0 Å². The van der Waals surface area contributed by atoms with Gasteiger partial charge >= 0.3 is 0 Å². The molecule has 5 nitrogen and oxygen atoms in total. The Balaban J connectivity index is 1.54. The SMILES string of the molecule is c1cncc(-c2ncc3c(n2)CCN(Cc2cncs2)C3)c1. The molecule has 1 aliphatic heterocycles.